The summed E-state index contributed by atoms with van der Waals surface area (Å²) in [5.74, 6) is 1.39. The number of rotatable bonds is 5. The van der Waals surface area contributed by atoms with Crippen molar-refractivity contribution in [2.45, 2.75) is 18.9 Å². The van der Waals surface area contributed by atoms with Crippen molar-refractivity contribution in [3.8, 4) is 5.75 Å². The standard InChI is InChI=1S/C20H27N5O3.HI/c1-21-20(25-8-7-15(13-25)16-11-23-24(2)12-16)22-10-14-5-6-18(27-3)17(9-14)19(26)28-4;/h5-6,9,11-12,15H,7-8,10,13H2,1-4H3,(H,21,22);1H. The molecule has 2 aromatic rings. The van der Waals surface area contributed by atoms with Gasteiger partial charge in [-0.15, -0.1) is 24.0 Å². The minimum atomic E-state index is -0.415. The Morgan fingerprint density at radius 1 is 1.38 bits per heavy atom. The average molecular weight is 513 g/mol. The Hall–Kier alpha value is -2.30. The summed E-state index contributed by atoms with van der Waals surface area (Å²) in [6, 6.07) is 5.49. The van der Waals surface area contributed by atoms with E-state index in [4.69, 9.17) is 9.47 Å². The summed E-state index contributed by atoms with van der Waals surface area (Å²) in [6.07, 6.45) is 5.09. The number of likely N-dealkylation sites (tertiary alicyclic amines) is 1. The summed E-state index contributed by atoms with van der Waals surface area (Å²) in [6.45, 7) is 2.39. The fourth-order valence-electron chi connectivity index (χ4n) is 3.52. The van der Waals surface area contributed by atoms with Crippen molar-refractivity contribution in [3.05, 3.63) is 47.3 Å². The second kappa shape index (κ2) is 10.5. The SMILES string of the molecule is CN=C(NCc1ccc(OC)c(C(=O)OC)c1)N1CCC(c2cnn(C)c2)C1.I. The van der Waals surface area contributed by atoms with Gasteiger partial charge in [0.2, 0.25) is 0 Å². The molecule has 1 saturated heterocycles. The summed E-state index contributed by atoms with van der Waals surface area (Å²) in [7, 11) is 6.62. The first-order valence-corrected chi connectivity index (χ1v) is 9.25. The van der Waals surface area contributed by atoms with Crippen LogP contribution in [0.25, 0.3) is 0 Å². The molecule has 158 valence electrons. The van der Waals surface area contributed by atoms with Crippen LogP contribution >= 0.6 is 24.0 Å². The predicted molar refractivity (Wildman–Crippen MR) is 122 cm³/mol. The van der Waals surface area contributed by atoms with Crippen LogP contribution in [0.2, 0.25) is 0 Å². The van der Waals surface area contributed by atoms with E-state index in [1.54, 1.807) is 19.2 Å². The van der Waals surface area contributed by atoms with Gasteiger partial charge >= 0.3 is 5.97 Å². The molecule has 0 amide bonds. The maximum absolute atomic E-state index is 12.0. The quantitative estimate of drug-likeness (QED) is 0.286. The smallest absolute Gasteiger partial charge is 0.341 e. The molecule has 1 aliphatic heterocycles. The molecule has 1 atom stereocenters. The Labute approximate surface area is 188 Å². The van der Waals surface area contributed by atoms with E-state index >= 15 is 0 Å². The molecule has 0 spiro atoms. The molecule has 1 unspecified atom stereocenters. The van der Waals surface area contributed by atoms with Crippen LogP contribution in [0.3, 0.4) is 0 Å². The molecule has 0 aliphatic carbocycles. The molecule has 29 heavy (non-hydrogen) atoms. The maximum atomic E-state index is 12.0. The Morgan fingerprint density at radius 2 is 2.17 bits per heavy atom. The largest absolute Gasteiger partial charge is 0.496 e. The molecule has 0 bridgehead atoms. The summed E-state index contributed by atoms with van der Waals surface area (Å²) < 4.78 is 11.9. The number of halogens is 1. The number of esters is 1. The zero-order valence-corrected chi connectivity index (χ0v) is 19.5. The monoisotopic (exact) mass is 513 g/mol. The molecule has 8 nitrogen and oxygen atoms in total. The van der Waals surface area contributed by atoms with Gasteiger partial charge in [-0.2, -0.15) is 5.10 Å². The average Bonchev–Trinajstić information content (AvgIpc) is 3.37. The van der Waals surface area contributed by atoms with Gasteiger partial charge in [-0.1, -0.05) is 6.07 Å². The number of carbonyl (C=O) groups is 1. The molecule has 1 aromatic carbocycles. The molecule has 1 N–H and O–H groups in total. The van der Waals surface area contributed by atoms with Crippen LogP contribution in [0.4, 0.5) is 0 Å². The van der Waals surface area contributed by atoms with E-state index in [-0.39, 0.29) is 24.0 Å². The molecule has 0 radical (unpaired) electrons. The fraction of sp³-hybridized carbons (Fsp3) is 0.450. The van der Waals surface area contributed by atoms with Crippen LogP contribution in [0.15, 0.2) is 35.6 Å². The number of aryl methyl sites for hydroxylation is 1. The topological polar surface area (TPSA) is 81.0 Å². The molecular formula is C20H28IN5O3. The summed E-state index contributed by atoms with van der Waals surface area (Å²) in [4.78, 5) is 18.6. The van der Waals surface area contributed by atoms with E-state index in [2.05, 4.69) is 26.5 Å². The van der Waals surface area contributed by atoms with Gasteiger partial charge in [-0.3, -0.25) is 9.67 Å². The van der Waals surface area contributed by atoms with Gasteiger partial charge in [0.15, 0.2) is 5.96 Å². The van der Waals surface area contributed by atoms with Gasteiger partial charge in [0.05, 0.1) is 20.4 Å². The van der Waals surface area contributed by atoms with Crippen LogP contribution in [0, 0.1) is 0 Å². The lowest BCUT2D eigenvalue weighted by Crippen LogP contribution is -2.39. The lowest BCUT2D eigenvalue weighted by molar-refractivity contribution is 0.0597. The van der Waals surface area contributed by atoms with Gasteiger partial charge in [0.25, 0.3) is 0 Å². The second-order valence-corrected chi connectivity index (χ2v) is 6.81. The van der Waals surface area contributed by atoms with Gasteiger partial charge in [-0.05, 0) is 29.7 Å². The summed E-state index contributed by atoms with van der Waals surface area (Å²) in [5, 5.41) is 7.66. The number of guanidine groups is 1. The maximum Gasteiger partial charge on any atom is 0.341 e. The third-order valence-corrected chi connectivity index (χ3v) is 5.02. The number of aromatic nitrogens is 2. The van der Waals surface area contributed by atoms with Crippen molar-refractivity contribution < 1.29 is 14.3 Å². The highest BCUT2D eigenvalue weighted by Crippen LogP contribution is 2.27. The molecule has 0 saturated carbocycles. The minimum absolute atomic E-state index is 0. The molecule has 3 rings (SSSR count). The fourth-order valence-corrected chi connectivity index (χ4v) is 3.52. The van der Waals surface area contributed by atoms with Gasteiger partial charge in [0, 0.05) is 45.8 Å². The van der Waals surface area contributed by atoms with Crippen LogP contribution in [0.5, 0.6) is 5.75 Å². The lowest BCUT2D eigenvalue weighted by atomic mass is 10.0. The van der Waals surface area contributed by atoms with Crippen molar-refractivity contribution in [2.24, 2.45) is 12.0 Å². The van der Waals surface area contributed by atoms with E-state index in [1.807, 2.05) is 24.0 Å². The Balaban J connectivity index is 0.00000300. The number of nitrogens with one attached hydrogen (secondary N) is 1. The van der Waals surface area contributed by atoms with Gasteiger partial charge < -0.3 is 19.7 Å². The Bertz CT molecular complexity index is 868. The number of hydrogen-bond donors (Lipinski definition) is 1. The number of hydrogen-bond acceptors (Lipinski definition) is 5. The molecule has 1 aliphatic rings. The van der Waals surface area contributed by atoms with Crippen molar-refractivity contribution >= 4 is 35.9 Å². The minimum Gasteiger partial charge on any atom is -0.496 e. The van der Waals surface area contributed by atoms with E-state index in [0.29, 0.717) is 23.8 Å². The normalized spacial score (nSPS) is 16.3. The van der Waals surface area contributed by atoms with Crippen molar-refractivity contribution in [2.75, 3.05) is 34.4 Å². The molecule has 1 aromatic heterocycles. The number of benzene rings is 1. The molecular weight excluding hydrogens is 485 g/mol. The first-order chi connectivity index (χ1) is 13.5. The zero-order chi connectivity index (χ0) is 20.1. The van der Waals surface area contributed by atoms with Crippen molar-refractivity contribution in [1.82, 2.24) is 20.0 Å². The number of methoxy groups -OCH3 is 2. The van der Waals surface area contributed by atoms with Gasteiger partial charge in [0.1, 0.15) is 11.3 Å². The highest BCUT2D eigenvalue weighted by molar-refractivity contribution is 14.0. The first kappa shape index (κ1) is 23.0. The highest BCUT2D eigenvalue weighted by atomic mass is 127. The number of carbonyl (C=O) groups excluding carboxylic acids is 1. The van der Waals surface area contributed by atoms with Crippen molar-refractivity contribution in [3.63, 3.8) is 0 Å². The molecule has 1 fully saturated rings. The third kappa shape index (κ3) is 5.40. The highest BCUT2D eigenvalue weighted by Gasteiger charge is 2.27. The van der Waals surface area contributed by atoms with Crippen LogP contribution in [0.1, 0.15) is 33.8 Å². The van der Waals surface area contributed by atoms with Crippen molar-refractivity contribution in [1.29, 1.82) is 0 Å². The van der Waals surface area contributed by atoms with E-state index in [1.165, 1.54) is 19.8 Å². The van der Waals surface area contributed by atoms with E-state index in [0.717, 1.165) is 31.0 Å². The number of ether oxygens (including phenoxy) is 2. The summed E-state index contributed by atoms with van der Waals surface area (Å²) in [5.41, 5.74) is 2.63. The number of aliphatic imine (C=N–C) groups is 1. The van der Waals surface area contributed by atoms with Gasteiger partial charge in [-0.25, -0.2) is 4.79 Å². The Morgan fingerprint density at radius 3 is 2.79 bits per heavy atom. The number of nitrogens with zero attached hydrogens (tertiary/aromatic N) is 4. The summed E-state index contributed by atoms with van der Waals surface area (Å²) >= 11 is 0. The van der Waals surface area contributed by atoms with Crippen LogP contribution in [-0.4, -0.2) is 61.0 Å². The third-order valence-electron chi connectivity index (χ3n) is 5.02. The first-order valence-electron chi connectivity index (χ1n) is 9.25. The predicted octanol–water partition coefficient (Wildman–Crippen LogP) is 2.40. The Kier molecular flexibility index (Phi) is 8.30. The zero-order valence-electron chi connectivity index (χ0n) is 17.2. The lowest BCUT2D eigenvalue weighted by Gasteiger charge is -2.22. The molecule has 9 heteroatoms. The second-order valence-electron chi connectivity index (χ2n) is 6.81. The molecule has 2 heterocycles. The van der Waals surface area contributed by atoms with E-state index < -0.39 is 5.97 Å². The van der Waals surface area contributed by atoms with Crippen LogP contribution < -0.4 is 10.1 Å². The van der Waals surface area contributed by atoms with E-state index in [9.17, 15) is 4.79 Å². The van der Waals surface area contributed by atoms with Crippen LogP contribution in [-0.2, 0) is 18.3 Å².